The number of carbonyl (C=O) groups excluding carboxylic acids is 1. The van der Waals surface area contributed by atoms with Gasteiger partial charge in [0.05, 0.1) is 17.3 Å². The molecular formula is C11H17N3O3S4. The molecule has 1 saturated heterocycles. The van der Waals surface area contributed by atoms with Crippen LogP contribution in [-0.2, 0) is 14.6 Å². The van der Waals surface area contributed by atoms with Gasteiger partial charge in [-0.2, -0.15) is 0 Å². The molecule has 1 aromatic rings. The smallest absolute Gasteiger partial charge is 0.233 e. The molecule has 10 heteroatoms. The first kappa shape index (κ1) is 17.0. The third kappa shape index (κ3) is 4.83. The highest BCUT2D eigenvalue weighted by Gasteiger charge is 2.32. The van der Waals surface area contributed by atoms with Crippen LogP contribution in [0, 0.1) is 0 Å². The number of hydrogen-bond donors (Lipinski definition) is 0. The van der Waals surface area contributed by atoms with E-state index in [9.17, 15) is 13.2 Å². The molecule has 0 aliphatic carbocycles. The van der Waals surface area contributed by atoms with Gasteiger partial charge in [0.2, 0.25) is 5.91 Å². The molecule has 1 aliphatic heterocycles. The SMILES string of the molecule is CCSc1nnc(SCC(=O)N(C)[C@H]2CCS(=O)(=O)C2)s1. The van der Waals surface area contributed by atoms with Crippen molar-refractivity contribution >= 4 is 50.6 Å². The fourth-order valence-electron chi connectivity index (χ4n) is 1.95. The second kappa shape index (κ2) is 7.30. The monoisotopic (exact) mass is 367 g/mol. The first-order valence-electron chi connectivity index (χ1n) is 6.46. The lowest BCUT2D eigenvalue weighted by molar-refractivity contribution is -0.128. The van der Waals surface area contributed by atoms with Crippen LogP contribution < -0.4 is 0 Å². The summed E-state index contributed by atoms with van der Waals surface area (Å²) in [6.07, 6.45) is 0.533. The lowest BCUT2D eigenvalue weighted by atomic mass is 10.2. The lowest BCUT2D eigenvalue weighted by Gasteiger charge is -2.22. The molecule has 1 aromatic heterocycles. The van der Waals surface area contributed by atoms with Crippen LogP contribution in [0.2, 0.25) is 0 Å². The normalized spacial score (nSPS) is 20.6. The molecule has 2 heterocycles. The zero-order chi connectivity index (χ0) is 15.5. The van der Waals surface area contributed by atoms with Gasteiger partial charge in [-0.05, 0) is 12.2 Å². The van der Waals surface area contributed by atoms with Crippen LogP contribution in [-0.4, -0.2) is 65.5 Å². The summed E-state index contributed by atoms with van der Waals surface area (Å²) in [5, 5.41) is 8.06. The van der Waals surface area contributed by atoms with Gasteiger partial charge in [-0.15, -0.1) is 10.2 Å². The second-order valence-electron chi connectivity index (χ2n) is 4.62. The van der Waals surface area contributed by atoms with E-state index in [1.807, 2.05) is 6.92 Å². The summed E-state index contributed by atoms with van der Waals surface area (Å²) in [5.41, 5.74) is 0. The van der Waals surface area contributed by atoms with Gasteiger partial charge in [-0.25, -0.2) is 8.42 Å². The predicted molar refractivity (Wildman–Crippen MR) is 86.9 cm³/mol. The van der Waals surface area contributed by atoms with Crippen LogP contribution >= 0.6 is 34.9 Å². The summed E-state index contributed by atoms with van der Waals surface area (Å²) >= 11 is 4.46. The summed E-state index contributed by atoms with van der Waals surface area (Å²) in [6.45, 7) is 2.05. The van der Waals surface area contributed by atoms with Gasteiger partial charge in [0.1, 0.15) is 0 Å². The quantitative estimate of drug-likeness (QED) is 0.703. The maximum absolute atomic E-state index is 12.1. The molecule has 0 bridgehead atoms. The molecule has 0 saturated carbocycles. The van der Waals surface area contributed by atoms with E-state index in [1.54, 1.807) is 23.7 Å². The molecular weight excluding hydrogens is 350 g/mol. The second-order valence-corrected chi connectivity index (χ2v) is 10.6. The topological polar surface area (TPSA) is 80.2 Å². The van der Waals surface area contributed by atoms with Crippen molar-refractivity contribution in [1.82, 2.24) is 15.1 Å². The van der Waals surface area contributed by atoms with Crippen LogP contribution in [0.15, 0.2) is 8.68 Å². The van der Waals surface area contributed by atoms with Crippen molar-refractivity contribution in [2.24, 2.45) is 0 Å². The van der Waals surface area contributed by atoms with Gasteiger partial charge in [0, 0.05) is 13.1 Å². The van der Waals surface area contributed by atoms with Crippen LogP contribution in [0.5, 0.6) is 0 Å². The van der Waals surface area contributed by atoms with Gasteiger partial charge >= 0.3 is 0 Å². The summed E-state index contributed by atoms with van der Waals surface area (Å²) in [7, 11) is -1.29. The summed E-state index contributed by atoms with van der Waals surface area (Å²) in [4.78, 5) is 13.7. The lowest BCUT2D eigenvalue weighted by Crippen LogP contribution is -2.38. The van der Waals surface area contributed by atoms with Crippen molar-refractivity contribution in [3.05, 3.63) is 0 Å². The third-order valence-electron chi connectivity index (χ3n) is 3.12. The van der Waals surface area contributed by atoms with E-state index in [1.165, 1.54) is 23.1 Å². The average molecular weight is 368 g/mol. The molecule has 6 nitrogen and oxygen atoms in total. The number of rotatable bonds is 6. The molecule has 0 spiro atoms. The number of carbonyl (C=O) groups is 1. The van der Waals surface area contributed by atoms with E-state index < -0.39 is 9.84 Å². The Morgan fingerprint density at radius 1 is 1.38 bits per heavy atom. The molecule has 1 atom stereocenters. The minimum atomic E-state index is -2.97. The average Bonchev–Trinajstić information content (AvgIpc) is 3.02. The van der Waals surface area contributed by atoms with E-state index in [-0.39, 0.29) is 29.2 Å². The third-order valence-corrected chi connectivity index (χ3v) is 7.93. The van der Waals surface area contributed by atoms with E-state index in [0.717, 1.165) is 14.4 Å². The maximum atomic E-state index is 12.1. The fourth-order valence-corrected chi connectivity index (χ4v) is 6.56. The molecule has 2 rings (SSSR count). The van der Waals surface area contributed by atoms with Gasteiger partial charge in [-0.3, -0.25) is 4.79 Å². The Kier molecular flexibility index (Phi) is 5.92. The molecule has 21 heavy (non-hydrogen) atoms. The minimum Gasteiger partial charge on any atom is -0.341 e. The number of nitrogens with zero attached hydrogens (tertiary/aromatic N) is 3. The van der Waals surface area contributed by atoms with Crippen LogP contribution in [0.1, 0.15) is 13.3 Å². The van der Waals surface area contributed by atoms with Crippen molar-refractivity contribution in [1.29, 1.82) is 0 Å². The summed E-state index contributed by atoms with van der Waals surface area (Å²) in [6, 6.07) is -0.191. The zero-order valence-electron chi connectivity index (χ0n) is 11.8. The van der Waals surface area contributed by atoms with E-state index >= 15 is 0 Å². The van der Waals surface area contributed by atoms with Crippen LogP contribution in [0.3, 0.4) is 0 Å². The molecule has 118 valence electrons. The Labute approximate surface area is 137 Å². The standard InChI is InChI=1S/C11H17N3O3S4/c1-3-18-10-12-13-11(20-10)19-6-9(15)14(2)8-4-5-21(16,17)7-8/h8H,3-7H2,1-2H3/t8-/m0/s1. The van der Waals surface area contributed by atoms with Gasteiger partial charge in [-0.1, -0.05) is 41.8 Å². The Bertz CT molecular complexity index is 602. The molecule has 0 aromatic carbocycles. The zero-order valence-corrected chi connectivity index (χ0v) is 15.1. The highest BCUT2D eigenvalue weighted by molar-refractivity contribution is 8.03. The van der Waals surface area contributed by atoms with Gasteiger partial charge < -0.3 is 4.90 Å². The number of amides is 1. The highest BCUT2D eigenvalue weighted by Crippen LogP contribution is 2.29. The number of thioether (sulfide) groups is 2. The first-order valence-corrected chi connectivity index (χ1v) is 11.1. The summed E-state index contributed by atoms with van der Waals surface area (Å²) in [5.74, 6) is 1.39. The van der Waals surface area contributed by atoms with Gasteiger partial charge in [0.15, 0.2) is 18.5 Å². The van der Waals surface area contributed by atoms with Gasteiger partial charge in [0.25, 0.3) is 0 Å². The molecule has 0 N–H and O–H groups in total. The Hall–Kier alpha value is -0.320. The molecule has 1 fully saturated rings. The predicted octanol–water partition coefficient (Wildman–Crippen LogP) is 1.39. The number of hydrogen-bond acceptors (Lipinski definition) is 8. The summed E-state index contributed by atoms with van der Waals surface area (Å²) < 4.78 is 24.6. The first-order chi connectivity index (χ1) is 9.91. The van der Waals surface area contributed by atoms with Crippen LogP contribution in [0.25, 0.3) is 0 Å². The maximum Gasteiger partial charge on any atom is 0.233 e. The van der Waals surface area contributed by atoms with E-state index in [0.29, 0.717) is 6.42 Å². The Balaban J connectivity index is 1.83. The Morgan fingerprint density at radius 2 is 2.05 bits per heavy atom. The molecule has 0 radical (unpaired) electrons. The number of sulfone groups is 1. The largest absolute Gasteiger partial charge is 0.341 e. The molecule has 1 amide bonds. The van der Waals surface area contributed by atoms with Crippen molar-refractivity contribution in [2.75, 3.05) is 30.1 Å². The van der Waals surface area contributed by atoms with Crippen molar-refractivity contribution in [2.45, 2.75) is 28.1 Å². The Morgan fingerprint density at radius 3 is 2.62 bits per heavy atom. The number of aromatic nitrogens is 2. The fraction of sp³-hybridized carbons (Fsp3) is 0.727. The highest BCUT2D eigenvalue weighted by atomic mass is 32.2. The van der Waals surface area contributed by atoms with Crippen molar-refractivity contribution in [3.8, 4) is 0 Å². The minimum absolute atomic E-state index is 0.0676. The van der Waals surface area contributed by atoms with E-state index in [2.05, 4.69) is 10.2 Å². The molecule has 0 unspecified atom stereocenters. The van der Waals surface area contributed by atoms with Crippen LogP contribution in [0.4, 0.5) is 0 Å². The van der Waals surface area contributed by atoms with E-state index in [4.69, 9.17) is 0 Å². The van der Waals surface area contributed by atoms with Crippen molar-refractivity contribution < 1.29 is 13.2 Å². The van der Waals surface area contributed by atoms with Crippen molar-refractivity contribution in [3.63, 3.8) is 0 Å². The molecule has 1 aliphatic rings.